The van der Waals surface area contributed by atoms with Crippen LogP contribution in [0.1, 0.15) is 19.8 Å². The van der Waals surface area contributed by atoms with E-state index in [9.17, 15) is 19.5 Å². The van der Waals surface area contributed by atoms with Gasteiger partial charge >= 0.3 is 6.03 Å². The third-order valence-electron chi connectivity index (χ3n) is 4.60. The van der Waals surface area contributed by atoms with Gasteiger partial charge < -0.3 is 20.1 Å². The first-order chi connectivity index (χ1) is 11.9. The molecule has 1 aromatic rings. The zero-order valence-corrected chi connectivity index (χ0v) is 14.1. The molecule has 2 aliphatic rings. The number of benzene rings is 1. The number of methoxy groups -OCH3 is 1. The predicted molar refractivity (Wildman–Crippen MR) is 89.2 cm³/mol. The summed E-state index contributed by atoms with van der Waals surface area (Å²) in [4.78, 5) is 39.7. The molecule has 0 saturated carbocycles. The number of imide groups is 1. The maximum atomic E-state index is 12.7. The van der Waals surface area contributed by atoms with Crippen LogP contribution in [-0.2, 0) is 9.59 Å². The Labute approximate surface area is 145 Å². The molecule has 4 amide bonds. The Balaban J connectivity index is 1.75. The second kappa shape index (κ2) is 6.72. The smallest absolute Gasteiger partial charge is 0.332 e. The molecule has 2 fully saturated rings. The van der Waals surface area contributed by atoms with Crippen LogP contribution < -0.4 is 15.0 Å². The van der Waals surface area contributed by atoms with Gasteiger partial charge in [-0.3, -0.25) is 9.59 Å². The van der Waals surface area contributed by atoms with E-state index < -0.39 is 18.1 Å². The number of nitrogens with zero attached hydrogens (tertiary/aromatic N) is 2. The van der Waals surface area contributed by atoms with Crippen molar-refractivity contribution in [2.45, 2.75) is 38.0 Å². The van der Waals surface area contributed by atoms with Crippen molar-refractivity contribution < 1.29 is 24.2 Å². The van der Waals surface area contributed by atoms with Gasteiger partial charge in [-0.25, -0.2) is 9.69 Å². The summed E-state index contributed by atoms with van der Waals surface area (Å²) in [5, 5.41) is 12.0. The quantitative estimate of drug-likeness (QED) is 0.773. The van der Waals surface area contributed by atoms with Gasteiger partial charge in [-0.05, 0) is 44.0 Å². The summed E-state index contributed by atoms with van der Waals surface area (Å²) in [6, 6.07) is 5.54. The lowest BCUT2D eigenvalue weighted by Crippen LogP contribution is -2.51. The highest BCUT2D eigenvalue weighted by Gasteiger charge is 2.48. The molecule has 2 saturated heterocycles. The van der Waals surface area contributed by atoms with Crippen LogP contribution >= 0.6 is 0 Å². The van der Waals surface area contributed by atoms with Gasteiger partial charge in [-0.1, -0.05) is 0 Å². The van der Waals surface area contributed by atoms with Crippen molar-refractivity contribution in [1.82, 2.24) is 10.2 Å². The molecule has 8 heteroatoms. The van der Waals surface area contributed by atoms with Crippen molar-refractivity contribution in [3.8, 4) is 5.75 Å². The minimum absolute atomic E-state index is 0.240. The van der Waals surface area contributed by atoms with Crippen LogP contribution in [0.25, 0.3) is 0 Å². The number of aliphatic hydroxyl groups excluding tert-OH is 1. The number of carbonyl (C=O) groups is 3. The van der Waals surface area contributed by atoms with E-state index in [0.717, 1.165) is 0 Å². The second-order valence-electron chi connectivity index (χ2n) is 6.27. The van der Waals surface area contributed by atoms with E-state index in [1.807, 2.05) is 0 Å². The Morgan fingerprint density at radius 1 is 1.32 bits per heavy atom. The van der Waals surface area contributed by atoms with E-state index >= 15 is 0 Å². The highest BCUT2D eigenvalue weighted by atomic mass is 16.5. The molecule has 3 rings (SSSR count). The number of carbonyl (C=O) groups excluding carboxylic acids is 3. The molecule has 0 aliphatic carbocycles. The zero-order valence-electron chi connectivity index (χ0n) is 14.1. The van der Waals surface area contributed by atoms with E-state index in [-0.39, 0.29) is 18.0 Å². The van der Waals surface area contributed by atoms with E-state index in [1.165, 1.54) is 16.7 Å². The topological polar surface area (TPSA) is 99.2 Å². The summed E-state index contributed by atoms with van der Waals surface area (Å²) >= 11 is 0. The van der Waals surface area contributed by atoms with Gasteiger partial charge in [0, 0.05) is 12.6 Å². The molecule has 0 aromatic heterocycles. The van der Waals surface area contributed by atoms with Gasteiger partial charge in [-0.15, -0.1) is 0 Å². The molecule has 134 valence electrons. The third-order valence-corrected chi connectivity index (χ3v) is 4.60. The summed E-state index contributed by atoms with van der Waals surface area (Å²) in [6.45, 7) is 1.77. The van der Waals surface area contributed by atoms with E-state index in [1.54, 1.807) is 31.4 Å². The molecular formula is C17H21N3O5. The Kier molecular flexibility index (Phi) is 4.63. The molecule has 0 spiro atoms. The van der Waals surface area contributed by atoms with Crippen molar-refractivity contribution in [3.63, 3.8) is 0 Å². The summed E-state index contributed by atoms with van der Waals surface area (Å²) in [5.41, 5.74) is 0.495. The molecule has 0 radical (unpaired) electrons. The van der Waals surface area contributed by atoms with Crippen LogP contribution in [0.2, 0.25) is 0 Å². The SMILES string of the molecule is COc1ccc(N2C(=O)C3CC(NC(=O)C(C)O)CCN3C2=O)cc1. The summed E-state index contributed by atoms with van der Waals surface area (Å²) in [5.74, 6) is -0.130. The molecular weight excluding hydrogens is 326 g/mol. The molecule has 2 heterocycles. The largest absolute Gasteiger partial charge is 0.497 e. The lowest BCUT2D eigenvalue weighted by atomic mass is 9.97. The van der Waals surface area contributed by atoms with Crippen molar-refractivity contribution in [3.05, 3.63) is 24.3 Å². The van der Waals surface area contributed by atoms with Crippen LogP contribution in [0.15, 0.2) is 24.3 Å². The van der Waals surface area contributed by atoms with Crippen LogP contribution in [0, 0.1) is 0 Å². The first-order valence-electron chi connectivity index (χ1n) is 8.19. The van der Waals surface area contributed by atoms with Gasteiger partial charge in [-0.2, -0.15) is 0 Å². The fraction of sp³-hybridized carbons (Fsp3) is 0.471. The fourth-order valence-corrected chi connectivity index (χ4v) is 3.22. The maximum absolute atomic E-state index is 12.7. The van der Waals surface area contributed by atoms with Crippen molar-refractivity contribution in [2.24, 2.45) is 0 Å². The average molecular weight is 347 g/mol. The third kappa shape index (κ3) is 3.17. The first-order valence-corrected chi connectivity index (χ1v) is 8.19. The van der Waals surface area contributed by atoms with Crippen molar-refractivity contribution >= 4 is 23.5 Å². The number of amides is 4. The number of ether oxygens (including phenoxy) is 1. The number of hydrogen-bond acceptors (Lipinski definition) is 5. The average Bonchev–Trinajstić information content (AvgIpc) is 2.85. The molecule has 2 aliphatic heterocycles. The van der Waals surface area contributed by atoms with Crippen LogP contribution in [0.3, 0.4) is 0 Å². The Hall–Kier alpha value is -2.61. The lowest BCUT2D eigenvalue weighted by molar-refractivity contribution is -0.130. The number of anilines is 1. The highest BCUT2D eigenvalue weighted by molar-refractivity contribution is 6.21. The van der Waals surface area contributed by atoms with Crippen molar-refractivity contribution in [2.75, 3.05) is 18.6 Å². The second-order valence-corrected chi connectivity index (χ2v) is 6.27. The standard InChI is InChI=1S/C17H21N3O5/c1-10(21)15(22)18-11-7-8-19-14(9-11)16(23)20(17(19)24)12-3-5-13(25-2)6-4-12/h3-6,10-11,14,21H,7-9H2,1-2H3,(H,18,22). The van der Waals surface area contributed by atoms with E-state index in [0.29, 0.717) is 30.8 Å². The molecule has 3 atom stereocenters. The molecule has 3 unspecified atom stereocenters. The number of aliphatic hydroxyl groups is 1. The Morgan fingerprint density at radius 3 is 2.60 bits per heavy atom. The minimum atomic E-state index is -1.10. The Morgan fingerprint density at radius 2 is 2.00 bits per heavy atom. The van der Waals surface area contributed by atoms with E-state index in [4.69, 9.17) is 4.74 Å². The van der Waals surface area contributed by atoms with Gasteiger partial charge in [0.2, 0.25) is 5.91 Å². The summed E-state index contributed by atoms with van der Waals surface area (Å²) < 4.78 is 5.09. The normalized spacial score (nSPS) is 24.1. The van der Waals surface area contributed by atoms with E-state index in [2.05, 4.69) is 5.32 Å². The van der Waals surface area contributed by atoms with Gasteiger partial charge in [0.05, 0.1) is 12.8 Å². The fourth-order valence-electron chi connectivity index (χ4n) is 3.22. The maximum Gasteiger partial charge on any atom is 0.332 e. The lowest BCUT2D eigenvalue weighted by Gasteiger charge is -2.33. The van der Waals surface area contributed by atoms with Crippen molar-refractivity contribution in [1.29, 1.82) is 0 Å². The van der Waals surface area contributed by atoms with Gasteiger partial charge in [0.1, 0.15) is 17.9 Å². The first kappa shape index (κ1) is 17.2. The zero-order chi connectivity index (χ0) is 18.1. The molecule has 8 nitrogen and oxygen atoms in total. The van der Waals surface area contributed by atoms with Crippen LogP contribution in [0.4, 0.5) is 10.5 Å². The van der Waals surface area contributed by atoms with Crippen LogP contribution in [0.5, 0.6) is 5.75 Å². The van der Waals surface area contributed by atoms with Crippen LogP contribution in [-0.4, -0.2) is 59.7 Å². The summed E-state index contributed by atoms with van der Waals surface area (Å²) in [7, 11) is 1.54. The monoisotopic (exact) mass is 347 g/mol. The number of rotatable bonds is 4. The molecule has 0 bridgehead atoms. The Bertz CT molecular complexity index is 688. The highest BCUT2D eigenvalue weighted by Crippen LogP contribution is 2.31. The van der Waals surface area contributed by atoms with Gasteiger partial charge in [0.15, 0.2) is 0 Å². The number of nitrogens with one attached hydrogen (secondary N) is 1. The van der Waals surface area contributed by atoms with Gasteiger partial charge in [0.25, 0.3) is 5.91 Å². The number of hydrogen-bond donors (Lipinski definition) is 2. The minimum Gasteiger partial charge on any atom is -0.497 e. The molecule has 25 heavy (non-hydrogen) atoms. The molecule has 2 N–H and O–H groups in total. The molecule has 1 aromatic carbocycles. The summed E-state index contributed by atoms with van der Waals surface area (Å²) in [6.07, 6.45) is -0.213. The number of piperidine rings is 1. The number of urea groups is 1. The number of fused-ring (bicyclic) bond motifs is 1. The predicted octanol–water partition coefficient (Wildman–Crippen LogP) is 0.492.